The van der Waals surface area contributed by atoms with Crippen LogP contribution in [-0.2, 0) is 14.3 Å². The molecule has 1 rings (SSSR count). The van der Waals surface area contributed by atoms with E-state index in [4.69, 9.17) is 9.47 Å². The van der Waals surface area contributed by atoms with Gasteiger partial charge in [0, 0.05) is 0 Å². The normalized spacial score (nSPS) is 30.4. The Balaban J connectivity index is 2.70. The summed E-state index contributed by atoms with van der Waals surface area (Å²) < 4.78 is 11.4. The first-order valence-corrected chi connectivity index (χ1v) is 6.55. The summed E-state index contributed by atoms with van der Waals surface area (Å²) in [6.45, 7) is 11.8. The molecule has 100 valence electrons. The number of carbonyl (C=O) groups is 1. The fraction of sp³-hybridized carbons (Fsp3) is 0.929. The maximum Gasteiger partial charge on any atom is 0.338 e. The maximum atomic E-state index is 12.2. The molecule has 1 saturated heterocycles. The molecule has 0 bridgehead atoms. The second-order valence-electron chi connectivity index (χ2n) is 6.53. The zero-order chi connectivity index (χ0) is 13.3. The SMILES string of the molecule is CC(C)[C@H]1CCC[C@@](C)(C(=O)OC(C)(C)C)O1. The maximum absolute atomic E-state index is 12.2. The Bertz CT molecular complexity index is 278. The van der Waals surface area contributed by atoms with Gasteiger partial charge in [-0.05, 0) is 52.9 Å². The van der Waals surface area contributed by atoms with Crippen LogP contribution < -0.4 is 0 Å². The summed E-state index contributed by atoms with van der Waals surface area (Å²) in [5.41, 5.74) is -1.21. The van der Waals surface area contributed by atoms with Crippen molar-refractivity contribution in [2.45, 2.75) is 78.1 Å². The summed E-state index contributed by atoms with van der Waals surface area (Å²) in [6, 6.07) is 0. The van der Waals surface area contributed by atoms with Crippen LogP contribution in [0.1, 0.15) is 60.8 Å². The highest BCUT2D eigenvalue weighted by atomic mass is 16.6. The summed E-state index contributed by atoms with van der Waals surface area (Å²) in [7, 11) is 0. The van der Waals surface area contributed by atoms with Crippen LogP contribution in [0.3, 0.4) is 0 Å². The molecule has 1 aliphatic heterocycles. The van der Waals surface area contributed by atoms with Gasteiger partial charge in [0.15, 0.2) is 5.60 Å². The van der Waals surface area contributed by atoms with Crippen molar-refractivity contribution in [2.75, 3.05) is 0 Å². The smallest absolute Gasteiger partial charge is 0.338 e. The number of hydrogen-bond acceptors (Lipinski definition) is 3. The number of carbonyl (C=O) groups excluding carboxylic acids is 1. The summed E-state index contributed by atoms with van der Waals surface area (Å²) in [5.74, 6) is 0.215. The van der Waals surface area contributed by atoms with Crippen molar-refractivity contribution in [3.05, 3.63) is 0 Å². The van der Waals surface area contributed by atoms with Crippen molar-refractivity contribution in [3.8, 4) is 0 Å². The highest BCUT2D eigenvalue weighted by molar-refractivity contribution is 5.79. The molecule has 0 N–H and O–H groups in total. The Morgan fingerprint density at radius 2 is 2.00 bits per heavy atom. The molecule has 3 heteroatoms. The van der Waals surface area contributed by atoms with Crippen LogP contribution in [-0.4, -0.2) is 23.3 Å². The van der Waals surface area contributed by atoms with Gasteiger partial charge in [-0.1, -0.05) is 13.8 Å². The third-order valence-electron chi connectivity index (χ3n) is 3.13. The molecule has 0 unspecified atom stereocenters. The summed E-state index contributed by atoms with van der Waals surface area (Å²) >= 11 is 0. The van der Waals surface area contributed by atoms with E-state index in [0.29, 0.717) is 5.92 Å². The molecular formula is C14H26O3. The highest BCUT2D eigenvalue weighted by Crippen LogP contribution is 2.33. The summed E-state index contributed by atoms with van der Waals surface area (Å²) in [5, 5.41) is 0. The predicted molar refractivity (Wildman–Crippen MR) is 67.8 cm³/mol. The highest BCUT2D eigenvalue weighted by Gasteiger charge is 2.43. The number of hydrogen-bond donors (Lipinski definition) is 0. The standard InChI is InChI=1S/C14H26O3/c1-10(2)11-8-7-9-14(6,16-11)12(15)17-13(3,4)5/h10-11H,7-9H2,1-6H3/t11-,14+/m1/s1. The quantitative estimate of drug-likeness (QED) is 0.697. The van der Waals surface area contributed by atoms with E-state index >= 15 is 0 Å². The van der Waals surface area contributed by atoms with Gasteiger partial charge in [-0.25, -0.2) is 4.79 Å². The average molecular weight is 242 g/mol. The molecule has 0 amide bonds. The lowest BCUT2D eigenvalue weighted by atomic mass is 9.89. The molecule has 1 fully saturated rings. The molecule has 0 aromatic rings. The lowest BCUT2D eigenvalue weighted by molar-refractivity contribution is -0.200. The van der Waals surface area contributed by atoms with Crippen molar-refractivity contribution in [1.29, 1.82) is 0 Å². The van der Waals surface area contributed by atoms with E-state index in [2.05, 4.69) is 13.8 Å². The fourth-order valence-corrected chi connectivity index (χ4v) is 2.10. The first-order chi connectivity index (χ1) is 7.64. The molecule has 0 spiro atoms. The first-order valence-electron chi connectivity index (χ1n) is 6.55. The van der Waals surface area contributed by atoms with Gasteiger partial charge in [0.1, 0.15) is 5.60 Å². The Morgan fingerprint density at radius 1 is 1.41 bits per heavy atom. The van der Waals surface area contributed by atoms with E-state index in [1.807, 2.05) is 27.7 Å². The van der Waals surface area contributed by atoms with Gasteiger partial charge in [-0.3, -0.25) is 0 Å². The van der Waals surface area contributed by atoms with Crippen LogP contribution in [0.5, 0.6) is 0 Å². The van der Waals surface area contributed by atoms with Crippen LogP contribution in [0.25, 0.3) is 0 Å². The minimum Gasteiger partial charge on any atom is -0.458 e. The fourth-order valence-electron chi connectivity index (χ4n) is 2.10. The summed E-state index contributed by atoms with van der Waals surface area (Å²) in [6.07, 6.45) is 2.99. The third-order valence-corrected chi connectivity index (χ3v) is 3.13. The molecular weight excluding hydrogens is 216 g/mol. The molecule has 1 heterocycles. The molecule has 2 atom stereocenters. The largest absolute Gasteiger partial charge is 0.458 e. The van der Waals surface area contributed by atoms with E-state index in [0.717, 1.165) is 19.3 Å². The van der Waals surface area contributed by atoms with Gasteiger partial charge in [0.05, 0.1) is 6.10 Å². The topological polar surface area (TPSA) is 35.5 Å². The zero-order valence-electron chi connectivity index (χ0n) is 12.0. The Kier molecular flexibility index (Phi) is 4.23. The monoisotopic (exact) mass is 242 g/mol. The van der Waals surface area contributed by atoms with Crippen LogP contribution >= 0.6 is 0 Å². The molecule has 3 nitrogen and oxygen atoms in total. The molecule has 0 aromatic carbocycles. The third kappa shape index (κ3) is 3.98. The van der Waals surface area contributed by atoms with Crippen molar-refractivity contribution in [2.24, 2.45) is 5.92 Å². The lowest BCUT2D eigenvalue weighted by Gasteiger charge is -2.39. The van der Waals surface area contributed by atoms with Crippen molar-refractivity contribution >= 4 is 5.97 Å². The molecule has 0 aromatic heterocycles. The number of esters is 1. The van der Waals surface area contributed by atoms with E-state index in [-0.39, 0.29) is 12.1 Å². The van der Waals surface area contributed by atoms with E-state index in [1.165, 1.54) is 0 Å². The van der Waals surface area contributed by atoms with Gasteiger partial charge >= 0.3 is 5.97 Å². The summed E-state index contributed by atoms with van der Waals surface area (Å²) in [4.78, 5) is 12.2. The number of ether oxygens (including phenoxy) is 2. The van der Waals surface area contributed by atoms with Crippen LogP contribution in [0.2, 0.25) is 0 Å². The second-order valence-corrected chi connectivity index (χ2v) is 6.53. The zero-order valence-corrected chi connectivity index (χ0v) is 12.0. The van der Waals surface area contributed by atoms with Gasteiger partial charge in [0.25, 0.3) is 0 Å². The van der Waals surface area contributed by atoms with Crippen molar-refractivity contribution < 1.29 is 14.3 Å². The van der Waals surface area contributed by atoms with Gasteiger partial charge in [-0.2, -0.15) is 0 Å². The average Bonchev–Trinajstić information content (AvgIpc) is 2.15. The lowest BCUT2D eigenvalue weighted by Crippen LogP contribution is -2.49. The molecule has 0 aliphatic carbocycles. The van der Waals surface area contributed by atoms with Crippen LogP contribution in [0.4, 0.5) is 0 Å². The van der Waals surface area contributed by atoms with E-state index < -0.39 is 11.2 Å². The number of rotatable bonds is 2. The van der Waals surface area contributed by atoms with Crippen LogP contribution in [0.15, 0.2) is 0 Å². The van der Waals surface area contributed by atoms with Gasteiger partial charge in [0.2, 0.25) is 0 Å². The second kappa shape index (κ2) is 4.97. The Labute approximate surface area is 105 Å². The van der Waals surface area contributed by atoms with E-state index in [9.17, 15) is 4.79 Å². The van der Waals surface area contributed by atoms with Crippen molar-refractivity contribution in [3.63, 3.8) is 0 Å². The predicted octanol–water partition coefficient (Wildman–Crippen LogP) is 3.31. The molecule has 17 heavy (non-hydrogen) atoms. The first kappa shape index (κ1) is 14.5. The minimum absolute atomic E-state index is 0.168. The van der Waals surface area contributed by atoms with Gasteiger partial charge < -0.3 is 9.47 Å². The van der Waals surface area contributed by atoms with E-state index in [1.54, 1.807) is 0 Å². The van der Waals surface area contributed by atoms with Gasteiger partial charge in [-0.15, -0.1) is 0 Å². The minimum atomic E-state index is -0.763. The Morgan fingerprint density at radius 3 is 2.47 bits per heavy atom. The van der Waals surface area contributed by atoms with Crippen molar-refractivity contribution in [1.82, 2.24) is 0 Å². The Hall–Kier alpha value is -0.570. The molecule has 0 radical (unpaired) electrons. The molecule has 1 aliphatic rings. The molecule has 0 saturated carbocycles. The van der Waals surface area contributed by atoms with Crippen LogP contribution in [0, 0.1) is 5.92 Å².